The smallest absolute Gasteiger partial charge is 0.338 e. The molecule has 3 fully saturated rings. The van der Waals surface area contributed by atoms with E-state index in [1.807, 2.05) is 0 Å². The molecule has 1 saturated heterocycles. The van der Waals surface area contributed by atoms with Gasteiger partial charge in [0, 0.05) is 25.2 Å². The number of ether oxygens (including phenoxy) is 3. The molecule has 2 bridgehead atoms. The van der Waals surface area contributed by atoms with E-state index in [4.69, 9.17) is 14.2 Å². The van der Waals surface area contributed by atoms with E-state index in [0.717, 1.165) is 0 Å². The first-order valence-corrected chi connectivity index (χ1v) is 13.2. The molecule has 3 aliphatic carbocycles. The summed E-state index contributed by atoms with van der Waals surface area (Å²) in [6, 6.07) is 8.08. The maximum Gasteiger partial charge on any atom is 0.338 e. The van der Waals surface area contributed by atoms with Crippen molar-refractivity contribution in [2.45, 2.75) is 89.2 Å². The SMILES string of the molecule is CC(=O)O[C@@]12CO[C@@H]1C[C@H](O)[C@@]1(C)C(=O)[C@H](O)C3=C(C)[C@@H](O)C[C@@](O)(C(OC(=O)c4ccccc4)[C@H]21)C3(C)C. The molecule has 1 aromatic carbocycles. The van der Waals surface area contributed by atoms with Gasteiger partial charge in [0.25, 0.3) is 0 Å². The molecule has 39 heavy (non-hydrogen) atoms. The Morgan fingerprint density at radius 3 is 2.28 bits per heavy atom. The molecule has 4 N–H and O–H groups in total. The number of benzene rings is 1. The number of esters is 2. The molecule has 9 atom stereocenters. The molecule has 10 heteroatoms. The minimum Gasteiger partial charge on any atom is -0.455 e. The largest absolute Gasteiger partial charge is 0.455 e. The lowest BCUT2D eigenvalue weighted by molar-refractivity contribution is -0.345. The fraction of sp³-hybridized carbons (Fsp3) is 0.621. The molecule has 1 unspecified atom stereocenters. The van der Waals surface area contributed by atoms with Crippen LogP contribution < -0.4 is 0 Å². The quantitative estimate of drug-likeness (QED) is 0.320. The Balaban J connectivity index is 1.81. The summed E-state index contributed by atoms with van der Waals surface area (Å²) in [5.74, 6) is -3.60. The topological polar surface area (TPSA) is 160 Å². The van der Waals surface area contributed by atoms with Gasteiger partial charge in [-0.05, 0) is 37.1 Å². The van der Waals surface area contributed by atoms with E-state index >= 15 is 0 Å². The van der Waals surface area contributed by atoms with Crippen LogP contribution in [0.25, 0.3) is 0 Å². The van der Waals surface area contributed by atoms with Gasteiger partial charge < -0.3 is 34.6 Å². The molecule has 1 aromatic rings. The fourth-order valence-corrected chi connectivity index (χ4v) is 7.66. The molecule has 5 rings (SSSR count). The summed E-state index contributed by atoms with van der Waals surface area (Å²) in [5, 5.41) is 46.7. The van der Waals surface area contributed by atoms with Gasteiger partial charge in [-0.3, -0.25) is 9.59 Å². The van der Waals surface area contributed by atoms with E-state index in [9.17, 15) is 34.8 Å². The van der Waals surface area contributed by atoms with E-state index in [0.29, 0.717) is 5.57 Å². The molecule has 212 valence electrons. The van der Waals surface area contributed by atoms with Crippen LogP contribution in [0.1, 0.15) is 57.8 Å². The summed E-state index contributed by atoms with van der Waals surface area (Å²) >= 11 is 0. The normalized spacial score (nSPS) is 42.7. The zero-order valence-electron chi connectivity index (χ0n) is 22.7. The van der Waals surface area contributed by atoms with Crippen molar-refractivity contribution in [2.24, 2.45) is 16.7 Å². The summed E-state index contributed by atoms with van der Waals surface area (Å²) in [6.45, 7) is 7.29. The number of Topliss-reactive ketones (excluding diaryl/α,β-unsaturated/α-hetero) is 1. The second-order valence-electron chi connectivity index (χ2n) is 12.2. The van der Waals surface area contributed by atoms with E-state index in [-0.39, 0.29) is 30.6 Å². The average Bonchev–Trinajstić information content (AvgIpc) is 2.87. The zero-order valence-corrected chi connectivity index (χ0v) is 22.7. The van der Waals surface area contributed by atoms with Gasteiger partial charge in [-0.1, -0.05) is 32.0 Å². The van der Waals surface area contributed by atoms with Crippen LogP contribution in [0.3, 0.4) is 0 Å². The van der Waals surface area contributed by atoms with Crippen molar-refractivity contribution in [3.8, 4) is 0 Å². The average molecular weight is 545 g/mol. The summed E-state index contributed by atoms with van der Waals surface area (Å²) < 4.78 is 17.7. The van der Waals surface area contributed by atoms with Gasteiger partial charge in [-0.2, -0.15) is 0 Å². The van der Waals surface area contributed by atoms with Crippen molar-refractivity contribution in [2.75, 3.05) is 6.61 Å². The highest BCUT2D eigenvalue weighted by molar-refractivity contribution is 5.94. The molecule has 0 spiro atoms. The number of carbonyl (C=O) groups is 3. The lowest BCUT2D eigenvalue weighted by atomic mass is 9.44. The van der Waals surface area contributed by atoms with E-state index in [2.05, 4.69) is 0 Å². The highest BCUT2D eigenvalue weighted by Crippen LogP contribution is 2.63. The molecular formula is C29H36O10. The molecule has 0 amide bonds. The Bertz CT molecular complexity index is 1240. The third-order valence-electron chi connectivity index (χ3n) is 9.95. The van der Waals surface area contributed by atoms with Gasteiger partial charge in [0.15, 0.2) is 11.4 Å². The minimum absolute atomic E-state index is 0.0828. The minimum atomic E-state index is -2.07. The second kappa shape index (κ2) is 8.94. The Morgan fingerprint density at radius 1 is 1.08 bits per heavy atom. The van der Waals surface area contributed by atoms with E-state index < -0.39 is 76.2 Å². The number of aliphatic hydroxyl groups excluding tert-OH is 3. The molecule has 0 aromatic heterocycles. The Hall–Kier alpha value is -2.63. The molecular weight excluding hydrogens is 508 g/mol. The summed E-state index contributed by atoms with van der Waals surface area (Å²) in [5.41, 5.74) is -6.24. The third-order valence-corrected chi connectivity index (χ3v) is 9.95. The van der Waals surface area contributed by atoms with Gasteiger partial charge in [0.1, 0.15) is 23.9 Å². The predicted molar refractivity (Wildman–Crippen MR) is 135 cm³/mol. The molecule has 4 aliphatic rings. The van der Waals surface area contributed by atoms with Gasteiger partial charge in [-0.25, -0.2) is 4.79 Å². The van der Waals surface area contributed by atoms with Crippen LogP contribution in [-0.4, -0.2) is 86.5 Å². The summed E-state index contributed by atoms with van der Waals surface area (Å²) in [4.78, 5) is 40.3. The fourth-order valence-electron chi connectivity index (χ4n) is 7.66. The van der Waals surface area contributed by atoms with E-state index in [1.165, 1.54) is 26.0 Å². The summed E-state index contributed by atoms with van der Waals surface area (Å²) in [6.07, 6.45) is -7.26. The van der Waals surface area contributed by atoms with Crippen LogP contribution in [0.5, 0.6) is 0 Å². The van der Waals surface area contributed by atoms with Crippen LogP contribution >= 0.6 is 0 Å². The first-order valence-electron chi connectivity index (χ1n) is 13.2. The van der Waals surface area contributed by atoms with E-state index in [1.54, 1.807) is 39.0 Å². The number of aliphatic hydroxyl groups is 4. The summed E-state index contributed by atoms with van der Waals surface area (Å²) in [7, 11) is 0. The Kier molecular flexibility index (Phi) is 6.40. The number of fused-ring (bicyclic) bond motifs is 5. The molecule has 10 nitrogen and oxygen atoms in total. The lowest BCUT2D eigenvalue weighted by Gasteiger charge is -2.67. The monoisotopic (exact) mass is 544 g/mol. The first-order chi connectivity index (χ1) is 18.1. The number of hydrogen-bond donors (Lipinski definition) is 4. The molecule has 2 saturated carbocycles. The zero-order chi connectivity index (χ0) is 28.7. The molecule has 0 radical (unpaired) electrons. The lowest BCUT2D eigenvalue weighted by Crippen LogP contribution is -2.81. The van der Waals surface area contributed by atoms with Crippen LogP contribution in [0.4, 0.5) is 0 Å². The number of ketones is 1. The maximum absolute atomic E-state index is 14.3. The van der Waals surface area contributed by atoms with Gasteiger partial charge >= 0.3 is 11.9 Å². The van der Waals surface area contributed by atoms with Crippen LogP contribution in [0.2, 0.25) is 0 Å². The van der Waals surface area contributed by atoms with Crippen LogP contribution in [0, 0.1) is 16.7 Å². The van der Waals surface area contributed by atoms with Crippen molar-refractivity contribution in [1.82, 2.24) is 0 Å². The Labute approximate surface area is 226 Å². The third kappa shape index (κ3) is 3.62. The van der Waals surface area contributed by atoms with Gasteiger partial charge in [0.05, 0.1) is 35.7 Å². The van der Waals surface area contributed by atoms with Crippen LogP contribution in [-0.2, 0) is 23.8 Å². The van der Waals surface area contributed by atoms with Crippen molar-refractivity contribution in [1.29, 1.82) is 0 Å². The van der Waals surface area contributed by atoms with Gasteiger partial charge in [0.2, 0.25) is 0 Å². The number of carbonyl (C=O) groups excluding carboxylic acids is 3. The van der Waals surface area contributed by atoms with Crippen LogP contribution in [0.15, 0.2) is 41.5 Å². The number of rotatable bonds is 3. The highest BCUT2D eigenvalue weighted by Gasteiger charge is 2.77. The van der Waals surface area contributed by atoms with Gasteiger partial charge in [-0.15, -0.1) is 0 Å². The van der Waals surface area contributed by atoms with Crippen molar-refractivity contribution >= 4 is 17.7 Å². The first kappa shape index (κ1) is 27.9. The van der Waals surface area contributed by atoms with Crippen molar-refractivity contribution in [3.05, 3.63) is 47.0 Å². The Morgan fingerprint density at radius 2 is 1.72 bits per heavy atom. The van der Waals surface area contributed by atoms with Crippen molar-refractivity contribution in [3.63, 3.8) is 0 Å². The predicted octanol–water partition coefficient (Wildman–Crippen LogP) is 1.08. The molecule has 1 heterocycles. The number of hydrogen-bond acceptors (Lipinski definition) is 10. The highest BCUT2D eigenvalue weighted by atomic mass is 16.6. The maximum atomic E-state index is 14.3. The van der Waals surface area contributed by atoms with Crippen molar-refractivity contribution < 1.29 is 49.0 Å². The standard InChI is InChI=1S/C29H36O10/c1-14-17(31)12-29(36)24(38-25(35)16-9-7-6-8-10-16)22-27(5,23(34)21(33)20(14)26(29,3)4)18(32)11-19-28(22,13-37-19)39-15(2)30/h6-10,17-19,21-22,24,31-33,36H,11-13H2,1-5H3/t17-,18-,19+,21+,22-,24?,27+,28-,29+/m0/s1. The second-order valence-corrected chi connectivity index (χ2v) is 12.2. The molecule has 1 aliphatic heterocycles.